The second-order valence-corrected chi connectivity index (χ2v) is 0.695. The van der Waals surface area contributed by atoms with Crippen LogP contribution in [0.4, 0.5) is 0 Å². The van der Waals surface area contributed by atoms with Crippen LogP contribution in [0, 0.1) is 6.61 Å². The third kappa shape index (κ3) is 8.84. The molecule has 0 aromatic rings. The molecule has 0 spiro atoms. The summed E-state index contributed by atoms with van der Waals surface area (Å²) in [6, 6.07) is 0. The van der Waals surface area contributed by atoms with Crippen LogP contribution in [0.25, 0.3) is 0 Å². The minimum Gasteiger partial charge on any atom is -0.566 e. The van der Waals surface area contributed by atoms with Crippen LogP contribution in [-0.2, 0) is 26.2 Å². The molecule has 0 aliphatic heterocycles. The van der Waals surface area contributed by atoms with Gasteiger partial charge in [0.2, 0.25) is 0 Å². The minimum atomic E-state index is 0. The van der Waals surface area contributed by atoms with Gasteiger partial charge < -0.3 is 10.2 Å². The topological polar surface area (TPSA) is 40.5 Å². The van der Waals surface area contributed by atoms with E-state index in [1.54, 1.807) is 0 Å². The normalized spacial score (nSPS) is 7.00. The van der Waals surface area contributed by atoms with Crippen molar-refractivity contribution in [2.45, 2.75) is 6.42 Å². The van der Waals surface area contributed by atoms with Gasteiger partial charge in [-0.05, 0) is 0 Å². The van der Waals surface area contributed by atoms with Crippen LogP contribution in [-0.4, -0.2) is 16.8 Å². The van der Waals surface area contributed by atoms with E-state index in [0.717, 1.165) is 6.61 Å². The van der Waals surface area contributed by atoms with Crippen molar-refractivity contribution in [3.63, 3.8) is 0 Å². The maximum atomic E-state index is 7.88. The van der Waals surface area contributed by atoms with Crippen molar-refractivity contribution in [1.29, 1.82) is 0 Å². The molecule has 0 amide bonds. The van der Waals surface area contributed by atoms with E-state index in [4.69, 9.17) is 10.2 Å². The summed E-state index contributed by atoms with van der Waals surface area (Å²) in [6.45, 7) is 0.969. The summed E-state index contributed by atoms with van der Waals surface area (Å²) in [4.78, 5) is 0. The second kappa shape index (κ2) is 9.26. The predicted octanol–water partition coefficient (Wildman–Crippen LogP) is -0.0994. The van der Waals surface area contributed by atoms with Crippen LogP contribution in [0.2, 0.25) is 0 Å². The van der Waals surface area contributed by atoms with E-state index in [9.17, 15) is 0 Å². The molecule has 0 heterocycles. The van der Waals surface area contributed by atoms with Gasteiger partial charge in [0, 0.05) is 32.8 Å². The van der Waals surface area contributed by atoms with Crippen molar-refractivity contribution < 1.29 is 36.4 Å². The molecule has 0 atom stereocenters. The molecule has 0 bridgehead atoms. The van der Waals surface area contributed by atoms with E-state index < -0.39 is 0 Å². The van der Waals surface area contributed by atoms with Crippen molar-refractivity contribution in [2.24, 2.45) is 0 Å². The number of aliphatic hydroxyl groups is 2. The summed E-state index contributed by atoms with van der Waals surface area (Å²) in [7, 11) is 0. The van der Waals surface area contributed by atoms with E-state index in [1.807, 2.05) is 0 Å². The van der Waals surface area contributed by atoms with E-state index in [0.29, 0.717) is 6.42 Å². The fourth-order valence-corrected chi connectivity index (χ4v) is 0.0577. The second-order valence-electron chi connectivity index (χ2n) is 0.695. The molecule has 0 saturated heterocycles. The van der Waals surface area contributed by atoms with Gasteiger partial charge in [0.25, 0.3) is 0 Å². The summed E-state index contributed by atoms with van der Waals surface area (Å²) < 4.78 is 0. The molecule has 2 N–H and O–H groups in total. The molecule has 0 unspecified atom stereocenters. The van der Waals surface area contributed by atoms with Gasteiger partial charge in [-0.2, -0.15) is 0 Å². The van der Waals surface area contributed by atoms with Crippen molar-refractivity contribution in [3.8, 4) is 0 Å². The molecular weight excluding hydrogens is 159 g/mol. The maximum absolute atomic E-state index is 7.88. The van der Waals surface area contributed by atoms with Gasteiger partial charge in [0.05, 0.1) is 0 Å². The number of hydrogen-bond donors (Lipinski definition) is 2. The molecule has 6 heavy (non-hydrogen) atoms. The van der Waals surface area contributed by atoms with E-state index in [2.05, 4.69) is 0 Å². The summed E-state index contributed by atoms with van der Waals surface area (Å²) >= 11 is 0. The largest absolute Gasteiger partial charge is 0.566 e. The molecule has 0 aromatic heterocycles. The Morgan fingerprint density at radius 3 is 2.00 bits per heavy atom. The van der Waals surface area contributed by atoms with E-state index >= 15 is 0 Å². The van der Waals surface area contributed by atoms with Crippen LogP contribution in [0.5, 0.6) is 0 Å². The standard InChI is InChI=1S/C3H7O2.Zr/c4-2-1-3-5;/h2,4-5H,1,3H2;/q-1;. The summed E-state index contributed by atoms with van der Waals surface area (Å²) in [5, 5.41) is 15.7. The van der Waals surface area contributed by atoms with Gasteiger partial charge in [0.15, 0.2) is 0 Å². The van der Waals surface area contributed by atoms with Crippen molar-refractivity contribution in [3.05, 3.63) is 6.61 Å². The van der Waals surface area contributed by atoms with Crippen LogP contribution in [0.1, 0.15) is 6.42 Å². The van der Waals surface area contributed by atoms with Crippen LogP contribution >= 0.6 is 0 Å². The molecular formula is C3H7O2Zr-. The first kappa shape index (κ1) is 9.93. The Bertz CT molecular complexity index is 16.3. The van der Waals surface area contributed by atoms with Crippen LogP contribution in [0.3, 0.4) is 0 Å². The predicted molar refractivity (Wildman–Crippen MR) is 17.9 cm³/mol. The smallest absolute Gasteiger partial charge is 0.0179 e. The first-order valence-corrected chi connectivity index (χ1v) is 1.48. The fourth-order valence-electron chi connectivity index (χ4n) is 0.0577. The molecule has 0 aromatic carbocycles. The van der Waals surface area contributed by atoms with Gasteiger partial charge in [-0.1, -0.05) is 0 Å². The Balaban J connectivity index is 0. The number of aliphatic hydroxyl groups excluding tert-OH is 2. The molecule has 0 radical (unpaired) electrons. The molecule has 0 rings (SSSR count). The maximum Gasteiger partial charge on any atom is 0.0179 e. The summed E-state index contributed by atoms with van der Waals surface area (Å²) in [5.74, 6) is 0. The third-order valence-corrected chi connectivity index (χ3v) is 0.258. The summed E-state index contributed by atoms with van der Waals surface area (Å²) in [5.41, 5.74) is 0. The first-order chi connectivity index (χ1) is 2.41. The van der Waals surface area contributed by atoms with Crippen LogP contribution < -0.4 is 0 Å². The fraction of sp³-hybridized carbons (Fsp3) is 0.667. The Kier molecular flexibility index (Phi) is 15.3. The SMILES string of the molecule is O[CH-]CCO.[Zr]. The van der Waals surface area contributed by atoms with Gasteiger partial charge in [-0.15, -0.1) is 6.42 Å². The van der Waals surface area contributed by atoms with Gasteiger partial charge in [-0.25, -0.2) is 6.61 Å². The van der Waals surface area contributed by atoms with Crippen molar-refractivity contribution >= 4 is 0 Å². The Labute approximate surface area is 56.3 Å². The monoisotopic (exact) mass is 165 g/mol. The molecule has 0 aliphatic carbocycles. The minimum absolute atomic E-state index is 0. The molecule has 0 fully saturated rings. The number of hydrogen-bond acceptors (Lipinski definition) is 2. The molecule has 36 valence electrons. The molecule has 0 saturated carbocycles. The van der Waals surface area contributed by atoms with E-state index in [1.165, 1.54) is 0 Å². The first-order valence-electron chi connectivity index (χ1n) is 1.48. The average molecular weight is 166 g/mol. The van der Waals surface area contributed by atoms with Crippen LogP contribution in [0.15, 0.2) is 0 Å². The number of rotatable bonds is 2. The molecule has 0 aliphatic rings. The zero-order chi connectivity index (χ0) is 4.12. The zero-order valence-electron chi connectivity index (χ0n) is 3.39. The zero-order valence-corrected chi connectivity index (χ0v) is 5.84. The average Bonchev–Trinajstić information content (AvgIpc) is 1.41. The summed E-state index contributed by atoms with van der Waals surface area (Å²) in [6.07, 6.45) is 0.375. The van der Waals surface area contributed by atoms with E-state index in [-0.39, 0.29) is 32.8 Å². The van der Waals surface area contributed by atoms with Gasteiger partial charge >= 0.3 is 0 Å². The van der Waals surface area contributed by atoms with Crippen molar-refractivity contribution in [2.75, 3.05) is 6.61 Å². The van der Waals surface area contributed by atoms with Gasteiger partial charge in [0.1, 0.15) is 0 Å². The molecule has 2 nitrogen and oxygen atoms in total. The Hall–Kier alpha value is 0.803. The van der Waals surface area contributed by atoms with Crippen molar-refractivity contribution in [1.82, 2.24) is 0 Å². The Morgan fingerprint density at radius 2 is 2.00 bits per heavy atom. The van der Waals surface area contributed by atoms with Gasteiger partial charge in [-0.3, -0.25) is 0 Å². The third-order valence-electron chi connectivity index (χ3n) is 0.258. The Morgan fingerprint density at radius 1 is 1.50 bits per heavy atom. The quantitative estimate of drug-likeness (QED) is 0.563. The molecule has 3 heteroatoms.